The van der Waals surface area contributed by atoms with Crippen molar-refractivity contribution in [2.75, 3.05) is 6.54 Å². The molecule has 0 aliphatic rings. The van der Waals surface area contributed by atoms with Crippen molar-refractivity contribution >= 4 is 40.2 Å². The van der Waals surface area contributed by atoms with E-state index in [0.717, 1.165) is 24.0 Å². The van der Waals surface area contributed by atoms with E-state index in [2.05, 4.69) is 20.3 Å². The van der Waals surface area contributed by atoms with Crippen LogP contribution in [0.25, 0.3) is 22.1 Å². The van der Waals surface area contributed by atoms with E-state index in [1.165, 1.54) is 12.1 Å². The molecule has 2 aromatic carbocycles. The van der Waals surface area contributed by atoms with Gasteiger partial charge in [0.1, 0.15) is 5.82 Å². The van der Waals surface area contributed by atoms with Crippen molar-refractivity contribution in [2.24, 2.45) is 0 Å². The smallest absolute Gasteiger partial charge is 0.253 e. The standard InChI is InChI=1S/C18H16FN5OS/c19-11-8-12(16-14(9-11)22-18(26)23-16)17(25)20-6-3-7-24-10-21-13-4-1-2-5-15(13)24/h1-2,4-5,8-10H,3,6-7H2,(H,20,25)(H2,22,23,26). The summed E-state index contributed by atoms with van der Waals surface area (Å²) in [6.07, 6.45) is 2.52. The number of aryl methyl sites for hydroxylation is 1. The topological polar surface area (TPSA) is 78.5 Å². The number of fused-ring (bicyclic) bond motifs is 2. The van der Waals surface area contributed by atoms with Crippen LogP contribution in [0.5, 0.6) is 0 Å². The summed E-state index contributed by atoms with van der Waals surface area (Å²) in [5.41, 5.74) is 3.23. The molecular weight excluding hydrogens is 353 g/mol. The van der Waals surface area contributed by atoms with Gasteiger partial charge in [0.15, 0.2) is 4.77 Å². The van der Waals surface area contributed by atoms with E-state index in [4.69, 9.17) is 12.2 Å². The van der Waals surface area contributed by atoms with Gasteiger partial charge in [-0.15, -0.1) is 0 Å². The Morgan fingerprint density at radius 1 is 1.27 bits per heavy atom. The van der Waals surface area contributed by atoms with Crippen LogP contribution in [-0.4, -0.2) is 32.0 Å². The summed E-state index contributed by atoms with van der Waals surface area (Å²) >= 11 is 5.02. The van der Waals surface area contributed by atoms with Crippen LogP contribution in [0.3, 0.4) is 0 Å². The summed E-state index contributed by atoms with van der Waals surface area (Å²) in [4.78, 5) is 22.5. The number of carbonyl (C=O) groups is 1. The summed E-state index contributed by atoms with van der Waals surface area (Å²) in [5.74, 6) is -0.826. The zero-order valence-electron chi connectivity index (χ0n) is 13.8. The number of aromatic nitrogens is 4. The monoisotopic (exact) mass is 369 g/mol. The highest BCUT2D eigenvalue weighted by molar-refractivity contribution is 7.71. The fourth-order valence-electron chi connectivity index (χ4n) is 3.02. The highest BCUT2D eigenvalue weighted by atomic mass is 32.1. The molecule has 0 spiro atoms. The minimum Gasteiger partial charge on any atom is -0.352 e. The van der Waals surface area contributed by atoms with Crippen LogP contribution in [0.2, 0.25) is 0 Å². The van der Waals surface area contributed by atoms with Gasteiger partial charge in [0, 0.05) is 13.1 Å². The first-order chi connectivity index (χ1) is 12.6. The van der Waals surface area contributed by atoms with Crippen LogP contribution < -0.4 is 5.32 Å². The van der Waals surface area contributed by atoms with Gasteiger partial charge in [-0.25, -0.2) is 9.37 Å². The molecule has 0 saturated heterocycles. The first kappa shape index (κ1) is 16.5. The average Bonchev–Trinajstić information content (AvgIpc) is 3.20. The number of nitrogens with one attached hydrogen (secondary N) is 3. The molecule has 3 N–H and O–H groups in total. The number of amides is 1. The van der Waals surface area contributed by atoms with E-state index in [9.17, 15) is 9.18 Å². The third-order valence-electron chi connectivity index (χ3n) is 4.22. The highest BCUT2D eigenvalue weighted by Crippen LogP contribution is 2.18. The molecule has 0 bridgehead atoms. The molecule has 0 radical (unpaired) electrons. The number of para-hydroxylation sites is 2. The van der Waals surface area contributed by atoms with E-state index >= 15 is 0 Å². The maximum Gasteiger partial charge on any atom is 0.253 e. The summed E-state index contributed by atoms with van der Waals surface area (Å²) < 4.78 is 16.1. The van der Waals surface area contributed by atoms with Crippen molar-refractivity contribution in [3.8, 4) is 0 Å². The number of nitrogens with zero attached hydrogens (tertiary/aromatic N) is 2. The molecule has 1 amide bonds. The maximum absolute atomic E-state index is 13.7. The zero-order chi connectivity index (χ0) is 18.1. The van der Waals surface area contributed by atoms with E-state index in [1.807, 2.05) is 28.8 Å². The van der Waals surface area contributed by atoms with Crippen molar-refractivity contribution in [2.45, 2.75) is 13.0 Å². The molecule has 4 aromatic rings. The van der Waals surface area contributed by atoms with Gasteiger partial charge in [0.25, 0.3) is 5.91 Å². The summed E-state index contributed by atoms with van der Waals surface area (Å²) in [7, 11) is 0. The quantitative estimate of drug-likeness (QED) is 0.372. The minimum atomic E-state index is -0.488. The van der Waals surface area contributed by atoms with Crippen molar-refractivity contribution < 1.29 is 9.18 Å². The van der Waals surface area contributed by atoms with E-state index < -0.39 is 5.82 Å². The summed E-state index contributed by atoms with van der Waals surface area (Å²) in [5, 5.41) is 2.83. The minimum absolute atomic E-state index is 0.237. The Labute approximate surface area is 153 Å². The van der Waals surface area contributed by atoms with Crippen LogP contribution in [0.4, 0.5) is 4.39 Å². The molecule has 0 aliphatic carbocycles. The van der Waals surface area contributed by atoms with Gasteiger partial charge in [-0.05, 0) is 42.9 Å². The molecule has 0 aliphatic heterocycles. The number of rotatable bonds is 5. The molecule has 2 aromatic heterocycles. The molecule has 0 saturated carbocycles. The number of hydrogen-bond acceptors (Lipinski definition) is 3. The van der Waals surface area contributed by atoms with Gasteiger partial charge in [-0.1, -0.05) is 12.1 Å². The van der Waals surface area contributed by atoms with Crippen molar-refractivity contribution in [1.82, 2.24) is 24.8 Å². The molecule has 0 unspecified atom stereocenters. The fraction of sp³-hybridized carbons (Fsp3) is 0.167. The predicted octanol–water partition coefficient (Wildman–Crippen LogP) is 3.53. The van der Waals surface area contributed by atoms with Crippen molar-refractivity contribution in [3.05, 3.63) is 58.9 Å². The molecule has 26 heavy (non-hydrogen) atoms. The first-order valence-corrected chi connectivity index (χ1v) is 8.62. The Kier molecular flexibility index (Phi) is 4.26. The lowest BCUT2D eigenvalue weighted by molar-refractivity contribution is 0.0954. The van der Waals surface area contributed by atoms with Crippen molar-refractivity contribution in [3.63, 3.8) is 0 Å². The van der Waals surface area contributed by atoms with E-state index in [0.29, 0.717) is 22.3 Å². The Bertz CT molecular complexity index is 1160. The van der Waals surface area contributed by atoms with E-state index in [1.54, 1.807) is 6.33 Å². The Morgan fingerprint density at radius 2 is 2.12 bits per heavy atom. The zero-order valence-corrected chi connectivity index (χ0v) is 14.6. The number of aromatic amines is 2. The van der Waals surface area contributed by atoms with Gasteiger partial charge in [-0.2, -0.15) is 0 Å². The summed E-state index contributed by atoms with van der Waals surface area (Å²) in [6, 6.07) is 10.4. The third kappa shape index (κ3) is 3.11. The van der Waals surface area contributed by atoms with Crippen LogP contribution in [0.1, 0.15) is 16.8 Å². The van der Waals surface area contributed by atoms with Gasteiger partial charge in [-0.3, -0.25) is 4.79 Å². The highest BCUT2D eigenvalue weighted by Gasteiger charge is 2.13. The Morgan fingerprint density at radius 3 is 3.00 bits per heavy atom. The molecule has 8 heteroatoms. The third-order valence-corrected chi connectivity index (χ3v) is 4.43. The van der Waals surface area contributed by atoms with Crippen molar-refractivity contribution in [1.29, 1.82) is 0 Å². The fourth-order valence-corrected chi connectivity index (χ4v) is 3.23. The Balaban J connectivity index is 1.42. The number of imidazole rings is 2. The average molecular weight is 369 g/mol. The SMILES string of the molecule is O=C(NCCCn1cnc2ccccc21)c1cc(F)cc2[nH]c(=S)[nH]c12. The predicted molar refractivity (Wildman–Crippen MR) is 100 cm³/mol. The second kappa shape index (κ2) is 6.72. The molecule has 4 rings (SSSR count). The largest absolute Gasteiger partial charge is 0.352 e. The Hall–Kier alpha value is -3.00. The normalized spacial score (nSPS) is 11.3. The van der Waals surface area contributed by atoms with Gasteiger partial charge in [0.05, 0.1) is 34.0 Å². The second-order valence-electron chi connectivity index (χ2n) is 5.99. The van der Waals surface area contributed by atoms with E-state index in [-0.39, 0.29) is 11.5 Å². The lowest BCUT2D eigenvalue weighted by Gasteiger charge is -2.08. The summed E-state index contributed by atoms with van der Waals surface area (Å²) in [6.45, 7) is 1.19. The number of hydrogen-bond donors (Lipinski definition) is 3. The van der Waals surface area contributed by atoms with Gasteiger partial charge in [0.2, 0.25) is 0 Å². The molecule has 0 atom stereocenters. The maximum atomic E-state index is 13.7. The second-order valence-corrected chi connectivity index (χ2v) is 6.40. The van der Waals surface area contributed by atoms with Gasteiger partial charge >= 0.3 is 0 Å². The number of H-pyrrole nitrogens is 2. The van der Waals surface area contributed by atoms with Crippen LogP contribution in [-0.2, 0) is 6.54 Å². The molecule has 2 heterocycles. The molecule has 132 valence electrons. The van der Waals surface area contributed by atoms with Crippen LogP contribution in [0, 0.1) is 10.6 Å². The van der Waals surface area contributed by atoms with Crippen LogP contribution >= 0.6 is 12.2 Å². The number of benzene rings is 2. The molecular formula is C18H16FN5OS. The molecule has 6 nitrogen and oxygen atoms in total. The molecule has 0 fully saturated rings. The first-order valence-electron chi connectivity index (χ1n) is 8.21. The number of carbonyl (C=O) groups excluding carboxylic acids is 1. The lowest BCUT2D eigenvalue weighted by atomic mass is 10.1. The van der Waals surface area contributed by atoms with Crippen LogP contribution in [0.15, 0.2) is 42.7 Å². The lowest BCUT2D eigenvalue weighted by Crippen LogP contribution is -2.25. The number of halogens is 1. The van der Waals surface area contributed by atoms with Gasteiger partial charge < -0.3 is 19.9 Å².